The smallest absolute Gasteiger partial charge is 0.313 e. The van der Waals surface area contributed by atoms with Crippen molar-refractivity contribution < 1.29 is 0 Å². The van der Waals surface area contributed by atoms with Gasteiger partial charge in [0.15, 0.2) is 0 Å². The molecule has 11 nitrogen and oxygen atoms in total. The average Bonchev–Trinajstić information content (AvgIpc) is 2.86. The summed E-state index contributed by atoms with van der Waals surface area (Å²) in [5.74, 6) is 0. The molecule has 2 heterocycles. The number of H-pyrrole nitrogens is 4. The lowest BCUT2D eigenvalue weighted by molar-refractivity contribution is 0.534. The molecule has 0 bridgehead atoms. The summed E-state index contributed by atoms with van der Waals surface area (Å²) in [7, 11) is 0. The predicted molar refractivity (Wildman–Crippen MR) is 64.2 cm³/mol. The van der Waals surface area contributed by atoms with Crippen LogP contribution >= 0.6 is 0 Å². The maximum absolute atomic E-state index is 11.1. The van der Waals surface area contributed by atoms with Gasteiger partial charge in [-0.3, -0.25) is 0 Å². The second-order valence-electron chi connectivity index (χ2n) is 3.77. The lowest BCUT2D eigenvalue weighted by atomic mass is 10.5. The minimum atomic E-state index is -0.509. The molecule has 0 fully saturated rings. The Balaban J connectivity index is 1.80. The van der Waals surface area contributed by atoms with Gasteiger partial charge in [-0.2, -0.15) is 0 Å². The monoisotopic (exact) mass is 271 g/mol. The third kappa shape index (κ3) is 2.82. The van der Waals surface area contributed by atoms with E-state index in [9.17, 15) is 19.2 Å². The zero-order valence-electron chi connectivity index (χ0n) is 9.86. The minimum Gasteiger partial charge on any atom is -0.313 e. The van der Waals surface area contributed by atoms with Crippen LogP contribution < -0.4 is 28.1 Å². The topological polar surface area (TPSA) is 153 Å². The maximum atomic E-state index is 11.1. The van der Waals surface area contributed by atoms with Crippen LogP contribution in [-0.4, -0.2) is 42.6 Å². The number of rotatable bonds is 6. The van der Waals surface area contributed by atoms with Crippen LogP contribution in [0.1, 0.15) is 0 Å². The molecule has 2 rings (SSSR count). The van der Waals surface area contributed by atoms with Crippen LogP contribution in [0.3, 0.4) is 0 Å². The standard InChI is InChI=1S/C8H13N7O4/c16-5-10-11-6(17)14(5)3-1-9-2-4-15-7(18)12-13-8(15)19/h9H,1-4H2,(H,10,16)(H,11,17)(H,12,18)(H,13,19). The van der Waals surface area contributed by atoms with Gasteiger partial charge in [0, 0.05) is 26.2 Å². The zero-order valence-corrected chi connectivity index (χ0v) is 9.86. The number of aromatic nitrogens is 6. The Morgan fingerprint density at radius 3 is 1.32 bits per heavy atom. The Labute approximate surface area is 104 Å². The molecule has 19 heavy (non-hydrogen) atoms. The number of hydrogen-bond acceptors (Lipinski definition) is 5. The molecular weight excluding hydrogens is 258 g/mol. The Kier molecular flexibility index (Phi) is 3.66. The van der Waals surface area contributed by atoms with Gasteiger partial charge < -0.3 is 5.32 Å². The largest absolute Gasteiger partial charge is 0.344 e. The van der Waals surface area contributed by atoms with E-state index in [0.29, 0.717) is 13.1 Å². The highest BCUT2D eigenvalue weighted by atomic mass is 16.2. The van der Waals surface area contributed by atoms with Gasteiger partial charge >= 0.3 is 22.8 Å². The van der Waals surface area contributed by atoms with E-state index in [1.165, 1.54) is 0 Å². The van der Waals surface area contributed by atoms with Crippen LogP contribution in [-0.2, 0) is 13.1 Å². The molecule has 0 spiro atoms. The van der Waals surface area contributed by atoms with Gasteiger partial charge in [-0.15, -0.1) is 0 Å². The van der Waals surface area contributed by atoms with E-state index in [2.05, 4.69) is 25.7 Å². The van der Waals surface area contributed by atoms with Crippen molar-refractivity contribution in [2.75, 3.05) is 13.1 Å². The van der Waals surface area contributed by atoms with E-state index >= 15 is 0 Å². The van der Waals surface area contributed by atoms with Crippen molar-refractivity contribution in [3.8, 4) is 0 Å². The summed E-state index contributed by atoms with van der Waals surface area (Å²) in [4.78, 5) is 44.5. The second kappa shape index (κ2) is 5.39. The highest BCUT2D eigenvalue weighted by molar-refractivity contribution is 4.68. The first-order valence-corrected chi connectivity index (χ1v) is 5.55. The Hall–Kier alpha value is -2.56. The Morgan fingerprint density at radius 2 is 1.00 bits per heavy atom. The van der Waals surface area contributed by atoms with Gasteiger partial charge in [0.1, 0.15) is 0 Å². The predicted octanol–water partition coefficient (Wildman–Crippen LogP) is -3.67. The molecule has 0 amide bonds. The van der Waals surface area contributed by atoms with Gasteiger partial charge in [-0.25, -0.2) is 48.7 Å². The quantitative estimate of drug-likeness (QED) is 0.343. The van der Waals surface area contributed by atoms with Gasteiger partial charge in [0.05, 0.1) is 0 Å². The first kappa shape index (κ1) is 12.9. The first-order valence-electron chi connectivity index (χ1n) is 5.55. The molecule has 0 saturated heterocycles. The number of aromatic amines is 4. The molecule has 5 N–H and O–H groups in total. The van der Waals surface area contributed by atoms with Gasteiger partial charge in [0.2, 0.25) is 0 Å². The van der Waals surface area contributed by atoms with Crippen molar-refractivity contribution in [1.82, 2.24) is 34.8 Å². The molecule has 104 valence electrons. The molecule has 0 saturated carbocycles. The molecule has 0 radical (unpaired) electrons. The van der Waals surface area contributed by atoms with Crippen molar-refractivity contribution in [2.45, 2.75) is 13.1 Å². The van der Waals surface area contributed by atoms with E-state index in [0.717, 1.165) is 9.13 Å². The first-order chi connectivity index (χ1) is 9.09. The molecule has 0 aromatic carbocycles. The zero-order chi connectivity index (χ0) is 13.8. The molecule has 0 aliphatic heterocycles. The average molecular weight is 271 g/mol. The van der Waals surface area contributed by atoms with Crippen LogP contribution in [0.25, 0.3) is 0 Å². The van der Waals surface area contributed by atoms with Gasteiger partial charge in [0.25, 0.3) is 0 Å². The Morgan fingerprint density at radius 1 is 0.684 bits per heavy atom. The number of hydrogen-bond donors (Lipinski definition) is 5. The molecule has 0 aliphatic carbocycles. The maximum Gasteiger partial charge on any atom is 0.344 e. The highest BCUT2D eigenvalue weighted by Gasteiger charge is 2.03. The summed E-state index contributed by atoms with van der Waals surface area (Å²) >= 11 is 0. The van der Waals surface area contributed by atoms with Crippen LogP contribution in [0.4, 0.5) is 0 Å². The molecule has 2 aromatic rings. The fraction of sp³-hybridized carbons (Fsp3) is 0.500. The van der Waals surface area contributed by atoms with Gasteiger partial charge in [-0.05, 0) is 0 Å². The lowest BCUT2D eigenvalue weighted by Crippen LogP contribution is -2.35. The van der Waals surface area contributed by atoms with E-state index in [4.69, 9.17) is 0 Å². The normalized spacial score (nSPS) is 10.9. The van der Waals surface area contributed by atoms with Crippen LogP contribution in [0, 0.1) is 0 Å². The summed E-state index contributed by atoms with van der Waals surface area (Å²) in [5.41, 5.74) is -2.04. The van der Waals surface area contributed by atoms with Crippen LogP contribution in [0.15, 0.2) is 19.2 Å². The van der Waals surface area contributed by atoms with E-state index in [-0.39, 0.29) is 13.1 Å². The summed E-state index contributed by atoms with van der Waals surface area (Å²) in [6, 6.07) is 0. The molecule has 0 atom stereocenters. The minimum absolute atomic E-state index is 0.191. The second-order valence-corrected chi connectivity index (χ2v) is 3.77. The van der Waals surface area contributed by atoms with Crippen molar-refractivity contribution in [2.24, 2.45) is 0 Å². The van der Waals surface area contributed by atoms with E-state index < -0.39 is 22.8 Å². The van der Waals surface area contributed by atoms with Crippen LogP contribution in [0.5, 0.6) is 0 Å². The van der Waals surface area contributed by atoms with Crippen LogP contribution in [0.2, 0.25) is 0 Å². The third-order valence-corrected chi connectivity index (χ3v) is 2.56. The van der Waals surface area contributed by atoms with Crippen molar-refractivity contribution >= 4 is 0 Å². The SMILES string of the molecule is O=c1[nH][nH]c(=O)n1CCNCCn1c(=O)[nH][nH]c1=O. The fourth-order valence-electron chi connectivity index (χ4n) is 1.58. The van der Waals surface area contributed by atoms with Crippen molar-refractivity contribution in [3.05, 3.63) is 41.9 Å². The number of nitrogens with zero attached hydrogens (tertiary/aromatic N) is 2. The van der Waals surface area contributed by atoms with Crippen molar-refractivity contribution in [3.63, 3.8) is 0 Å². The molecule has 11 heteroatoms. The Bertz CT molecular complexity index is 634. The van der Waals surface area contributed by atoms with E-state index in [1.54, 1.807) is 0 Å². The summed E-state index contributed by atoms with van der Waals surface area (Å²) < 4.78 is 2.00. The molecular formula is C8H13N7O4. The molecule has 0 aliphatic rings. The van der Waals surface area contributed by atoms with Gasteiger partial charge in [-0.1, -0.05) is 0 Å². The van der Waals surface area contributed by atoms with E-state index in [1.807, 2.05) is 0 Å². The van der Waals surface area contributed by atoms with Crippen molar-refractivity contribution in [1.29, 1.82) is 0 Å². The highest BCUT2D eigenvalue weighted by Crippen LogP contribution is 1.71. The molecule has 2 aromatic heterocycles. The summed E-state index contributed by atoms with van der Waals surface area (Å²) in [6.07, 6.45) is 0. The lowest BCUT2D eigenvalue weighted by Gasteiger charge is -2.03. The third-order valence-electron chi connectivity index (χ3n) is 2.56. The summed E-state index contributed by atoms with van der Waals surface area (Å²) in [6.45, 7) is 1.10. The molecule has 0 unspecified atom stereocenters. The fourth-order valence-corrected chi connectivity index (χ4v) is 1.58. The number of nitrogens with one attached hydrogen (secondary N) is 5. The summed E-state index contributed by atoms with van der Waals surface area (Å²) in [5, 5.41) is 11.6.